The number of carbonyl (C=O) groups is 2. The Morgan fingerprint density at radius 3 is 0.972 bits per heavy atom. The number of piperazine rings is 1. The highest BCUT2D eigenvalue weighted by molar-refractivity contribution is 9.09. The van der Waals surface area contributed by atoms with Crippen LogP contribution in [0.3, 0.4) is 0 Å². The Morgan fingerprint density at radius 2 is 0.597 bits per heavy atom. The zero-order chi connectivity index (χ0) is 52.6. The van der Waals surface area contributed by atoms with E-state index in [9.17, 15) is 9.59 Å². The third-order valence-electron chi connectivity index (χ3n) is 14.2. The van der Waals surface area contributed by atoms with Crippen LogP contribution >= 0.6 is 15.9 Å². The average Bonchev–Trinajstić information content (AvgIpc) is 3.39. The van der Waals surface area contributed by atoms with Gasteiger partial charge in [0.05, 0.1) is 13.1 Å². The van der Waals surface area contributed by atoms with Gasteiger partial charge < -0.3 is 14.7 Å². The van der Waals surface area contributed by atoms with Crippen LogP contribution in [0, 0.1) is 0 Å². The number of hydrogen-bond donors (Lipinski definition) is 0. The summed E-state index contributed by atoms with van der Waals surface area (Å²) in [6.45, 7) is 24.2. The first-order valence-electron chi connectivity index (χ1n) is 31.3. The van der Waals surface area contributed by atoms with Crippen molar-refractivity contribution in [2.75, 3.05) is 90.4 Å². The fraction of sp³-hybridized carbons (Fsp3) is 0.844. The van der Waals surface area contributed by atoms with Crippen molar-refractivity contribution in [1.29, 1.82) is 0 Å². The van der Waals surface area contributed by atoms with Gasteiger partial charge in [0.25, 0.3) is 0 Å². The number of unbranched alkanes of at least 4 members (excludes halogenated alkanes) is 24. The molecule has 0 atom stereocenters. The quantitative estimate of drug-likeness (QED) is 0.0345. The summed E-state index contributed by atoms with van der Waals surface area (Å²) >= 11 is 3.40. The van der Waals surface area contributed by atoms with Crippen LogP contribution < -0.4 is 0 Å². The van der Waals surface area contributed by atoms with Crippen LogP contribution in [0.2, 0.25) is 0 Å². The van der Waals surface area contributed by atoms with Crippen molar-refractivity contribution in [3.8, 4) is 0 Å². The molecule has 0 N–H and O–H groups in total. The van der Waals surface area contributed by atoms with Crippen molar-refractivity contribution >= 4 is 27.7 Å². The molecule has 1 aliphatic rings. The summed E-state index contributed by atoms with van der Waals surface area (Å²) in [5.74, 6) is 0.474. The third-order valence-corrected chi connectivity index (χ3v) is 14.8. The lowest BCUT2D eigenvalue weighted by atomic mass is 10.1. The Labute approximate surface area is 458 Å². The molecule has 0 unspecified atom stereocenters. The third kappa shape index (κ3) is 46.8. The molecule has 0 bridgehead atoms. The normalized spacial score (nSPS) is 13.4. The molecule has 1 saturated heterocycles. The zero-order valence-electron chi connectivity index (χ0n) is 49.0. The van der Waals surface area contributed by atoms with Crippen molar-refractivity contribution in [2.45, 2.75) is 260 Å². The van der Waals surface area contributed by atoms with Gasteiger partial charge >= 0.3 is 0 Å². The lowest BCUT2D eigenvalue weighted by molar-refractivity contribution is -0.140. The Bertz CT molecular complexity index is 1210. The smallest absolute Gasteiger partial charge is 0.236 e. The second-order valence-electron chi connectivity index (χ2n) is 21.1. The van der Waals surface area contributed by atoms with E-state index in [-0.39, 0.29) is 11.8 Å². The standard InChI is InChI=1S/C55H105N5O2.C9H17Br/c1-6-11-16-21-26-31-36-41-56(42-37-32-27-22-17-12-7-2)46-47-58(45-40-35-30-25-20-15-10-5)53-55(62)60-50-48-59(49-51-60)54(61)52-57(43-38-33-28-23-18-13-8-3)44-39-34-29-24-19-14-9-4;1-2-3-4-5-6-7-8-9-10/h26-27,30-32,35H,6-25,28-29,33-34,36-53H2,1-5H3;5-6H,2-4,7-9H2,1H3/b31-26-,32-27-,35-30-;6-5-. The maximum atomic E-state index is 13.9. The summed E-state index contributed by atoms with van der Waals surface area (Å²) in [4.78, 5) is 39.2. The minimum absolute atomic E-state index is 0.222. The molecule has 0 aromatic carbocycles. The molecule has 422 valence electrons. The van der Waals surface area contributed by atoms with Gasteiger partial charge in [0.1, 0.15) is 0 Å². The van der Waals surface area contributed by atoms with Gasteiger partial charge in [-0.3, -0.25) is 19.4 Å². The second-order valence-corrected chi connectivity index (χ2v) is 21.9. The van der Waals surface area contributed by atoms with Gasteiger partial charge in [0.15, 0.2) is 0 Å². The zero-order valence-corrected chi connectivity index (χ0v) is 50.6. The molecular formula is C64H122BrN5O2. The van der Waals surface area contributed by atoms with Gasteiger partial charge in [-0.05, 0) is 103 Å². The number of halogens is 1. The molecule has 1 heterocycles. The van der Waals surface area contributed by atoms with Gasteiger partial charge in [-0.2, -0.15) is 0 Å². The second kappa shape index (κ2) is 57.0. The highest BCUT2D eigenvalue weighted by Gasteiger charge is 2.26. The van der Waals surface area contributed by atoms with E-state index in [1.807, 2.05) is 9.80 Å². The molecule has 2 amide bonds. The molecule has 8 heteroatoms. The highest BCUT2D eigenvalue weighted by Crippen LogP contribution is 2.13. The summed E-state index contributed by atoms with van der Waals surface area (Å²) in [5.41, 5.74) is 0. The molecule has 0 saturated carbocycles. The summed E-state index contributed by atoms with van der Waals surface area (Å²) in [6.07, 6.45) is 61.7. The molecule has 0 aromatic rings. The maximum Gasteiger partial charge on any atom is 0.236 e. The molecule has 1 rings (SSSR count). The van der Waals surface area contributed by atoms with Crippen molar-refractivity contribution in [1.82, 2.24) is 24.5 Å². The predicted molar refractivity (Wildman–Crippen MR) is 324 cm³/mol. The maximum absolute atomic E-state index is 13.9. The number of allylic oxidation sites excluding steroid dienone is 5. The summed E-state index contributed by atoms with van der Waals surface area (Å²) in [5, 5.41) is 1.13. The minimum Gasteiger partial charge on any atom is -0.338 e. The lowest BCUT2D eigenvalue weighted by Gasteiger charge is -2.37. The molecule has 7 nitrogen and oxygen atoms in total. The van der Waals surface area contributed by atoms with E-state index < -0.39 is 0 Å². The van der Waals surface area contributed by atoms with Gasteiger partial charge in [0.2, 0.25) is 11.8 Å². The van der Waals surface area contributed by atoms with E-state index in [4.69, 9.17) is 0 Å². The van der Waals surface area contributed by atoms with E-state index >= 15 is 0 Å². The summed E-state index contributed by atoms with van der Waals surface area (Å²) in [6, 6.07) is 0. The number of rotatable bonds is 50. The van der Waals surface area contributed by atoms with E-state index in [0.29, 0.717) is 39.3 Å². The minimum atomic E-state index is 0.222. The monoisotopic (exact) mass is 1070 g/mol. The number of alkyl halides is 1. The first-order valence-corrected chi connectivity index (χ1v) is 32.4. The first-order chi connectivity index (χ1) is 35.4. The van der Waals surface area contributed by atoms with Gasteiger partial charge in [-0.25, -0.2) is 0 Å². The van der Waals surface area contributed by atoms with Gasteiger partial charge in [-0.15, -0.1) is 0 Å². The average molecular weight is 1070 g/mol. The number of nitrogens with zero attached hydrogens (tertiary/aromatic N) is 5. The summed E-state index contributed by atoms with van der Waals surface area (Å²) in [7, 11) is 0. The number of carbonyl (C=O) groups excluding carboxylic acids is 2. The van der Waals surface area contributed by atoms with Crippen molar-refractivity contribution in [2.24, 2.45) is 0 Å². The molecule has 1 fully saturated rings. The molecule has 1 aliphatic heterocycles. The summed E-state index contributed by atoms with van der Waals surface area (Å²) < 4.78 is 0. The fourth-order valence-corrected chi connectivity index (χ4v) is 9.62. The molecule has 0 aromatic heterocycles. The molecule has 0 aliphatic carbocycles. The molecule has 72 heavy (non-hydrogen) atoms. The van der Waals surface area contributed by atoms with Crippen molar-refractivity contribution in [3.05, 3.63) is 48.6 Å². The first kappa shape index (κ1) is 70.3. The van der Waals surface area contributed by atoms with Crippen molar-refractivity contribution in [3.63, 3.8) is 0 Å². The van der Waals surface area contributed by atoms with Crippen molar-refractivity contribution < 1.29 is 9.59 Å². The molecule has 0 spiro atoms. The number of hydrogen-bond acceptors (Lipinski definition) is 5. The Balaban J connectivity index is 0.00000451. The van der Waals surface area contributed by atoms with Gasteiger partial charge in [0, 0.05) is 64.2 Å². The van der Waals surface area contributed by atoms with E-state index in [2.05, 4.69) is 121 Å². The Morgan fingerprint density at radius 1 is 0.319 bits per heavy atom. The fourth-order valence-electron chi connectivity index (χ4n) is 9.30. The molecule has 0 radical (unpaired) electrons. The van der Waals surface area contributed by atoms with Crippen LogP contribution in [0.15, 0.2) is 48.6 Å². The predicted octanol–water partition coefficient (Wildman–Crippen LogP) is 17.6. The van der Waals surface area contributed by atoms with Gasteiger partial charge in [-0.1, -0.05) is 234 Å². The topological polar surface area (TPSA) is 50.3 Å². The Hall–Kier alpha value is -1.74. The van der Waals surface area contributed by atoms with Crippen LogP contribution in [-0.2, 0) is 9.59 Å². The van der Waals surface area contributed by atoms with Crippen LogP contribution in [0.1, 0.15) is 260 Å². The van der Waals surface area contributed by atoms with Crippen LogP contribution in [0.5, 0.6) is 0 Å². The lowest BCUT2D eigenvalue weighted by Crippen LogP contribution is -2.54. The van der Waals surface area contributed by atoms with Crippen LogP contribution in [0.4, 0.5) is 0 Å². The number of amides is 2. The SMILES string of the molecule is CCCC/C=C\CCCBr.CCCCC/C=C\CCN(CC/C=C\CCCCC)CCN(CC/C=C\CCCCC)CC(=O)N1CCN(C(=O)CN(CCCCCCCCC)CCCCCCCCC)CC1. The molecular weight excluding hydrogens is 951 g/mol. The van der Waals surface area contributed by atoms with Crippen LogP contribution in [-0.4, -0.2) is 127 Å². The highest BCUT2D eigenvalue weighted by atomic mass is 79.9. The van der Waals surface area contributed by atoms with E-state index in [0.717, 1.165) is 76.8 Å². The van der Waals surface area contributed by atoms with E-state index in [1.54, 1.807) is 0 Å². The van der Waals surface area contributed by atoms with E-state index in [1.165, 1.54) is 193 Å². The van der Waals surface area contributed by atoms with Crippen LogP contribution in [0.25, 0.3) is 0 Å². The Kier molecular flexibility index (Phi) is 55.6. The largest absolute Gasteiger partial charge is 0.338 e.